The van der Waals surface area contributed by atoms with E-state index < -0.39 is 23.5 Å². The normalized spacial score (nSPS) is 16.1. The first kappa shape index (κ1) is 28.4. The smallest absolute Gasteiger partial charge is 0.329 e. The Balaban J connectivity index is 1.40. The summed E-state index contributed by atoms with van der Waals surface area (Å²) in [4.78, 5) is 10.2. The molecule has 6 rings (SSSR count). The maximum Gasteiger partial charge on any atom is 0.416 e. The zero-order valence-corrected chi connectivity index (χ0v) is 23.0. The molecule has 1 aromatic carbocycles. The highest BCUT2D eigenvalue weighted by Crippen LogP contribution is 2.39. The zero-order valence-electron chi connectivity index (χ0n) is 23.0. The second kappa shape index (κ2) is 10.5. The Morgan fingerprint density at radius 1 is 0.881 bits per heavy atom. The lowest BCUT2D eigenvalue weighted by molar-refractivity contribution is -0.143. The predicted octanol–water partition coefficient (Wildman–Crippen LogP) is 5.35. The van der Waals surface area contributed by atoms with Crippen molar-refractivity contribution in [2.45, 2.75) is 83.2 Å². The number of benzene rings is 1. The minimum absolute atomic E-state index is 0.0695. The van der Waals surface area contributed by atoms with E-state index in [1.54, 1.807) is 10.9 Å². The number of fused-ring (bicyclic) bond motifs is 1. The van der Waals surface area contributed by atoms with Crippen LogP contribution in [-0.4, -0.2) is 52.0 Å². The number of pyridine rings is 1. The molecule has 2 saturated carbocycles. The van der Waals surface area contributed by atoms with Crippen LogP contribution in [-0.2, 0) is 45.6 Å². The van der Waals surface area contributed by atoms with Crippen LogP contribution in [0, 0.1) is 0 Å². The molecule has 0 aliphatic heterocycles. The van der Waals surface area contributed by atoms with Crippen molar-refractivity contribution >= 4 is 17.0 Å². The minimum Gasteiger partial charge on any atom is -0.329 e. The van der Waals surface area contributed by atoms with Crippen LogP contribution in [0.15, 0.2) is 30.5 Å². The maximum absolute atomic E-state index is 13.6. The van der Waals surface area contributed by atoms with E-state index in [0.29, 0.717) is 25.2 Å². The van der Waals surface area contributed by atoms with E-state index in [2.05, 4.69) is 25.4 Å². The van der Waals surface area contributed by atoms with Crippen LogP contribution in [0.3, 0.4) is 0 Å². The number of tetrazole rings is 1. The number of anilines is 1. The van der Waals surface area contributed by atoms with Crippen LogP contribution in [0.1, 0.15) is 60.6 Å². The maximum atomic E-state index is 13.6. The first-order chi connectivity index (χ1) is 19.9. The summed E-state index contributed by atoms with van der Waals surface area (Å²) < 4.78 is 83.4. The average Bonchev–Trinajstić information content (AvgIpc) is 3.86. The van der Waals surface area contributed by atoms with Crippen LogP contribution < -0.4 is 4.90 Å². The zero-order chi connectivity index (χ0) is 29.8. The summed E-state index contributed by atoms with van der Waals surface area (Å²) in [6.45, 7) is 2.94. The lowest BCUT2D eigenvalue weighted by Gasteiger charge is -2.26. The second-order valence-electron chi connectivity index (χ2n) is 11.0. The van der Waals surface area contributed by atoms with E-state index in [1.807, 2.05) is 13.0 Å². The molecule has 0 bridgehead atoms. The van der Waals surface area contributed by atoms with Crippen LogP contribution in [0.25, 0.3) is 11.0 Å². The molecule has 3 heterocycles. The highest BCUT2D eigenvalue weighted by atomic mass is 19.4. The van der Waals surface area contributed by atoms with Gasteiger partial charge < -0.3 is 4.90 Å². The number of nitrogens with zero attached hydrogens (tertiary/aromatic N) is 9. The van der Waals surface area contributed by atoms with Gasteiger partial charge in [-0.3, -0.25) is 4.90 Å². The number of hydrogen-bond donors (Lipinski definition) is 0. The lowest BCUT2D eigenvalue weighted by Crippen LogP contribution is -2.30. The standard InChI is InChI=1S/C27H29F6N9/c1-3-42-24-17(12-34-42)10-18(23(35-24)15-41(21-4-5-21)22-6-7-22)14-40(25-36-38-39(2)37-25)13-16-8-19(26(28,29)30)11-20(9-16)27(31,32)33/h8-12,21-22H,3-7,13-15H2,1-2H3. The molecule has 0 N–H and O–H groups in total. The number of rotatable bonds is 10. The van der Waals surface area contributed by atoms with Gasteiger partial charge in [0.2, 0.25) is 0 Å². The molecule has 15 heteroatoms. The Labute approximate surface area is 237 Å². The number of halogens is 6. The number of aryl methyl sites for hydroxylation is 2. The Hall–Kier alpha value is -3.75. The van der Waals surface area contributed by atoms with E-state index in [-0.39, 0.29) is 30.7 Å². The van der Waals surface area contributed by atoms with E-state index >= 15 is 0 Å². The van der Waals surface area contributed by atoms with Gasteiger partial charge in [-0.05, 0) is 73.2 Å². The molecular weight excluding hydrogens is 564 g/mol. The molecule has 0 radical (unpaired) electrons. The molecule has 0 atom stereocenters. The second-order valence-corrected chi connectivity index (χ2v) is 11.0. The predicted molar refractivity (Wildman–Crippen MR) is 140 cm³/mol. The van der Waals surface area contributed by atoms with Gasteiger partial charge >= 0.3 is 12.4 Å². The number of aromatic nitrogens is 7. The monoisotopic (exact) mass is 593 g/mol. The number of alkyl halides is 6. The first-order valence-corrected chi connectivity index (χ1v) is 13.8. The molecule has 2 aliphatic carbocycles. The van der Waals surface area contributed by atoms with Crippen molar-refractivity contribution in [2.24, 2.45) is 7.05 Å². The summed E-state index contributed by atoms with van der Waals surface area (Å²) in [6.07, 6.45) is -3.74. The largest absolute Gasteiger partial charge is 0.416 e. The van der Waals surface area contributed by atoms with Gasteiger partial charge in [-0.2, -0.15) is 36.2 Å². The summed E-state index contributed by atoms with van der Waals surface area (Å²) >= 11 is 0. The lowest BCUT2D eigenvalue weighted by atomic mass is 10.0. The van der Waals surface area contributed by atoms with Gasteiger partial charge in [0.1, 0.15) is 0 Å². The molecule has 0 amide bonds. The molecule has 42 heavy (non-hydrogen) atoms. The van der Waals surface area contributed by atoms with Gasteiger partial charge in [-0.15, -0.1) is 5.10 Å². The molecular formula is C27H29F6N9. The summed E-state index contributed by atoms with van der Waals surface area (Å²) in [5.41, 5.74) is -0.666. The van der Waals surface area contributed by atoms with Crippen molar-refractivity contribution in [3.05, 3.63) is 58.4 Å². The SMILES string of the molecule is CCn1ncc2cc(CN(Cc3cc(C(F)(F)F)cc(C(F)(F)F)c3)c3nnn(C)n3)c(CN(C3CC3)C3CC3)nc21. The Morgan fingerprint density at radius 3 is 2.05 bits per heavy atom. The fraction of sp³-hybridized carbons (Fsp3) is 0.519. The summed E-state index contributed by atoms with van der Waals surface area (Å²) in [5, 5.41) is 17.3. The number of hydrogen-bond acceptors (Lipinski definition) is 7. The summed E-state index contributed by atoms with van der Waals surface area (Å²) in [5.74, 6) is 0.0695. The van der Waals surface area contributed by atoms with Gasteiger partial charge in [0.05, 0.1) is 30.1 Å². The van der Waals surface area contributed by atoms with Gasteiger partial charge in [-0.1, -0.05) is 5.10 Å². The topological polar surface area (TPSA) is 80.8 Å². The van der Waals surface area contributed by atoms with Crippen molar-refractivity contribution < 1.29 is 26.3 Å². The summed E-state index contributed by atoms with van der Waals surface area (Å²) in [7, 11) is 1.53. The van der Waals surface area contributed by atoms with E-state index in [4.69, 9.17) is 4.98 Å². The quantitative estimate of drug-likeness (QED) is 0.230. The van der Waals surface area contributed by atoms with E-state index in [1.165, 1.54) is 16.7 Å². The minimum atomic E-state index is -4.96. The fourth-order valence-electron chi connectivity index (χ4n) is 5.27. The highest BCUT2D eigenvalue weighted by Gasteiger charge is 2.40. The average molecular weight is 594 g/mol. The molecule has 4 aromatic rings. The first-order valence-electron chi connectivity index (χ1n) is 13.8. The van der Waals surface area contributed by atoms with Gasteiger partial charge in [0.15, 0.2) is 5.65 Å². The Kier molecular flexibility index (Phi) is 7.10. The van der Waals surface area contributed by atoms with Crippen LogP contribution in [0.5, 0.6) is 0 Å². The molecule has 2 aliphatic rings. The summed E-state index contributed by atoms with van der Waals surface area (Å²) in [6, 6.07) is 4.50. The molecule has 0 spiro atoms. The van der Waals surface area contributed by atoms with Gasteiger partial charge in [0.25, 0.3) is 5.95 Å². The molecule has 9 nitrogen and oxygen atoms in total. The van der Waals surface area contributed by atoms with Crippen molar-refractivity contribution in [3.63, 3.8) is 0 Å². The fourth-order valence-corrected chi connectivity index (χ4v) is 5.27. The van der Waals surface area contributed by atoms with Crippen molar-refractivity contribution in [1.29, 1.82) is 0 Å². The molecule has 0 unspecified atom stereocenters. The van der Waals surface area contributed by atoms with Crippen LogP contribution >= 0.6 is 0 Å². The Morgan fingerprint density at radius 2 is 1.52 bits per heavy atom. The van der Waals surface area contributed by atoms with E-state index in [0.717, 1.165) is 60.1 Å². The van der Waals surface area contributed by atoms with Crippen molar-refractivity contribution in [3.8, 4) is 0 Å². The third-order valence-electron chi connectivity index (χ3n) is 7.61. The molecule has 224 valence electrons. The molecule has 0 saturated heterocycles. The van der Waals surface area contributed by atoms with Crippen LogP contribution in [0.2, 0.25) is 0 Å². The molecule has 3 aromatic heterocycles. The Bertz CT molecular complexity index is 1540. The van der Waals surface area contributed by atoms with Gasteiger partial charge in [0, 0.05) is 43.6 Å². The third kappa shape index (κ3) is 6.05. The van der Waals surface area contributed by atoms with Crippen molar-refractivity contribution in [2.75, 3.05) is 4.90 Å². The van der Waals surface area contributed by atoms with Crippen molar-refractivity contribution in [1.82, 2.24) is 39.9 Å². The van der Waals surface area contributed by atoms with Gasteiger partial charge in [-0.25, -0.2) is 9.67 Å². The van der Waals surface area contributed by atoms with E-state index in [9.17, 15) is 26.3 Å². The molecule has 2 fully saturated rings. The van der Waals surface area contributed by atoms with Crippen LogP contribution in [0.4, 0.5) is 32.3 Å². The third-order valence-corrected chi connectivity index (χ3v) is 7.61. The highest BCUT2D eigenvalue weighted by molar-refractivity contribution is 5.76.